The summed E-state index contributed by atoms with van der Waals surface area (Å²) in [5.41, 5.74) is 0.177. The minimum Gasteiger partial charge on any atom is -0.480 e. The molecule has 0 bridgehead atoms. The van der Waals surface area contributed by atoms with Gasteiger partial charge in [-0.2, -0.15) is 4.31 Å². The zero-order valence-corrected chi connectivity index (χ0v) is 16.5. The molecule has 0 spiro atoms. The molecule has 3 atom stereocenters. The quantitative estimate of drug-likeness (QED) is 0.713. The van der Waals surface area contributed by atoms with Crippen LogP contribution in [-0.4, -0.2) is 62.6 Å². The van der Waals surface area contributed by atoms with E-state index in [1.165, 1.54) is 35.7 Å². The van der Waals surface area contributed by atoms with E-state index in [2.05, 4.69) is 5.32 Å². The Morgan fingerprint density at radius 3 is 2.26 bits per heavy atom. The SMILES string of the molecule is COCC(NC(=O)c1ccc(S(=O)(=O)N2CC(C)CC(C)C2)cc1)C(=O)O. The van der Waals surface area contributed by atoms with Gasteiger partial charge in [-0.25, -0.2) is 13.2 Å². The van der Waals surface area contributed by atoms with Crippen LogP contribution in [0.15, 0.2) is 29.2 Å². The molecule has 27 heavy (non-hydrogen) atoms. The molecule has 1 aliphatic rings. The van der Waals surface area contributed by atoms with Crippen LogP contribution in [0.25, 0.3) is 0 Å². The molecule has 1 aromatic carbocycles. The van der Waals surface area contributed by atoms with E-state index in [0.717, 1.165) is 6.42 Å². The van der Waals surface area contributed by atoms with Crippen LogP contribution in [0, 0.1) is 11.8 Å². The number of hydrogen-bond donors (Lipinski definition) is 2. The van der Waals surface area contributed by atoms with Crippen molar-refractivity contribution in [1.29, 1.82) is 0 Å². The molecule has 0 saturated carbocycles. The minimum atomic E-state index is -3.63. The highest BCUT2D eigenvalue weighted by Crippen LogP contribution is 2.26. The number of nitrogens with zero attached hydrogens (tertiary/aromatic N) is 1. The second-order valence-electron chi connectivity index (χ2n) is 7.11. The third kappa shape index (κ3) is 5.27. The first-order chi connectivity index (χ1) is 12.6. The summed E-state index contributed by atoms with van der Waals surface area (Å²) >= 11 is 0. The maximum Gasteiger partial charge on any atom is 0.328 e. The Balaban J connectivity index is 2.14. The number of hydrogen-bond acceptors (Lipinski definition) is 5. The fraction of sp³-hybridized carbons (Fsp3) is 0.556. The zero-order valence-electron chi connectivity index (χ0n) is 15.7. The number of piperidine rings is 1. The van der Waals surface area contributed by atoms with Gasteiger partial charge in [-0.1, -0.05) is 13.8 Å². The fourth-order valence-electron chi connectivity index (χ4n) is 3.31. The lowest BCUT2D eigenvalue weighted by Gasteiger charge is -2.34. The van der Waals surface area contributed by atoms with Crippen molar-refractivity contribution in [2.24, 2.45) is 11.8 Å². The summed E-state index contributed by atoms with van der Waals surface area (Å²) in [5.74, 6) is -1.23. The van der Waals surface area contributed by atoms with E-state index in [1.54, 1.807) is 0 Å². The predicted octanol–water partition coefficient (Wildman–Crippen LogP) is 1.18. The zero-order chi connectivity index (χ0) is 20.2. The monoisotopic (exact) mass is 398 g/mol. The lowest BCUT2D eigenvalue weighted by molar-refractivity contribution is -0.140. The molecule has 8 nitrogen and oxygen atoms in total. The number of carbonyl (C=O) groups is 2. The lowest BCUT2D eigenvalue weighted by Crippen LogP contribution is -2.44. The number of carboxylic acid groups (broad SMARTS) is 1. The first kappa shape index (κ1) is 21.3. The molecular formula is C18H26N2O6S. The molecule has 1 aliphatic heterocycles. The van der Waals surface area contributed by atoms with E-state index in [0.29, 0.717) is 24.9 Å². The minimum absolute atomic E-state index is 0.118. The van der Waals surface area contributed by atoms with Crippen molar-refractivity contribution in [2.45, 2.75) is 31.2 Å². The number of carboxylic acids is 1. The number of carbonyl (C=O) groups excluding carboxylic acids is 1. The molecule has 3 unspecified atom stereocenters. The first-order valence-corrected chi connectivity index (χ1v) is 10.2. The van der Waals surface area contributed by atoms with Gasteiger partial charge in [-0.05, 0) is 42.5 Å². The van der Waals surface area contributed by atoms with Gasteiger partial charge in [-0.3, -0.25) is 4.79 Å². The molecule has 0 aliphatic carbocycles. The highest BCUT2D eigenvalue weighted by molar-refractivity contribution is 7.89. The summed E-state index contributed by atoms with van der Waals surface area (Å²) in [4.78, 5) is 23.4. The average molecular weight is 398 g/mol. The van der Waals surface area contributed by atoms with Crippen LogP contribution in [0.2, 0.25) is 0 Å². The van der Waals surface area contributed by atoms with Gasteiger partial charge in [0.15, 0.2) is 6.04 Å². The molecule has 1 aromatic rings. The lowest BCUT2D eigenvalue weighted by atomic mass is 9.94. The number of methoxy groups -OCH3 is 1. The number of sulfonamides is 1. The van der Waals surface area contributed by atoms with Gasteiger partial charge >= 0.3 is 5.97 Å². The number of amides is 1. The van der Waals surface area contributed by atoms with E-state index in [4.69, 9.17) is 9.84 Å². The molecule has 0 radical (unpaired) electrons. The highest BCUT2D eigenvalue weighted by atomic mass is 32.2. The smallest absolute Gasteiger partial charge is 0.328 e. The number of ether oxygens (including phenoxy) is 1. The van der Waals surface area contributed by atoms with Gasteiger partial charge in [0.25, 0.3) is 5.91 Å². The Kier molecular flexibility index (Phi) is 6.96. The van der Waals surface area contributed by atoms with Crippen LogP contribution in [0.5, 0.6) is 0 Å². The van der Waals surface area contributed by atoms with Gasteiger partial charge in [0.1, 0.15) is 0 Å². The summed E-state index contributed by atoms with van der Waals surface area (Å²) in [6.07, 6.45) is 0.997. The summed E-state index contributed by atoms with van der Waals surface area (Å²) < 4.78 is 31.9. The van der Waals surface area contributed by atoms with E-state index in [1.807, 2.05) is 13.8 Å². The Morgan fingerprint density at radius 1 is 1.22 bits per heavy atom. The van der Waals surface area contributed by atoms with E-state index < -0.39 is 27.9 Å². The number of nitrogens with one attached hydrogen (secondary N) is 1. The molecule has 150 valence electrons. The van der Waals surface area contributed by atoms with Crippen molar-refractivity contribution in [3.8, 4) is 0 Å². The van der Waals surface area contributed by atoms with Gasteiger partial charge in [0.05, 0.1) is 11.5 Å². The third-order valence-electron chi connectivity index (χ3n) is 4.53. The van der Waals surface area contributed by atoms with Crippen molar-refractivity contribution >= 4 is 21.9 Å². The van der Waals surface area contributed by atoms with Crippen LogP contribution >= 0.6 is 0 Å². The molecule has 0 aromatic heterocycles. The van der Waals surface area contributed by atoms with Gasteiger partial charge in [0.2, 0.25) is 10.0 Å². The molecular weight excluding hydrogens is 372 g/mol. The van der Waals surface area contributed by atoms with E-state index in [-0.39, 0.29) is 17.1 Å². The molecule has 1 amide bonds. The molecule has 9 heteroatoms. The Hall–Kier alpha value is -1.97. The van der Waals surface area contributed by atoms with Crippen LogP contribution in [0.1, 0.15) is 30.6 Å². The van der Waals surface area contributed by atoms with Crippen molar-refractivity contribution in [3.63, 3.8) is 0 Å². The van der Waals surface area contributed by atoms with Gasteiger partial charge in [-0.15, -0.1) is 0 Å². The predicted molar refractivity (Wildman–Crippen MR) is 98.9 cm³/mol. The molecule has 1 saturated heterocycles. The Bertz CT molecular complexity index is 768. The molecule has 1 fully saturated rings. The van der Waals surface area contributed by atoms with Crippen LogP contribution in [-0.2, 0) is 19.6 Å². The first-order valence-electron chi connectivity index (χ1n) is 8.78. The van der Waals surface area contributed by atoms with Crippen molar-refractivity contribution in [3.05, 3.63) is 29.8 Å². The maximum atomic E-state index is 12.8. The van der Waals surface area contributed by atoms with E-state index in [9.17, 15) is 18.0 Å². The van der Waals surface area contributed by atoms with Crippen molar-refractivity contribution in [2.75, 3.05) is 26.8 Å². The maximum absolute atomic E-state index is 12.8. The third-order valence-corrected chi connectivity index (χ3v) is 6.37. The van der Waals surface area contributed by atoms with Crippen LogP contribution in [0.3, 0.4) is 0 Å². The van der Waals surface area contributed by atoms with Gasteiger partial charge in [0, 0.05) is 25.8 Å². The number of rotatable bonds is 7. The number of aliphatic carboxylic acids is 1. The standard InChI is InChI=1S/C18H26N2O6S/c1-12-8-13(2)10-20(9-12)27(24,25)15-6-4-14(5-7-15)17(21)19-16(11-26-3)18(22)23/h4-7,12-13,16H,8-11H2,1-3H3,(H,19,21)(H,22,23). The highest BCUT2D eigenvalue weighted by Gasteiger charge is 2.31. The van der Waals surface area contributed by atoms with Crippen LogP contribution in [0.4, 0.5) is 0 Å². The van der Waals surface area contributed by atoms with E-state index >= 15 is 0 Å². The number of benzene rings is 1. The molecule has 1 heterocycles. The average Bonchev–Trinajstić information content (AvgIpc) is 2.60. The normalized spacial score (nSPS) is 22.2. The summed E-state index contributed by atoms with van der Waals surface area (Å²) in [6, 6.07) is 4.33. The van der Waals surface area contributed by atoms with Crippen molar-refractivity contribution in [1.82, 2.24) is 9.62 Å². The molecule has 2 rings (SSSR count). The Labute approximate surface area is 159 Å². The van der Waals surface area contributed by atoms with Gasteiger partial charge < -0.3 is 15.2 Å². The van der Waals surface area contributed by atoms with Crippen molar-refractivity contribution < 1.29 is 27.9 Å². The second kappa shape index (κ2) is 8.81. The summed E-state index contributed by atoms with van der Waals surface area (Å²) in [7, 11) is -2.29. The summed E-state index contributed by atoms with van der Waals surface area (Å²) in [6.45, 7) is 4.85. The largest absolute Gasteiger partial charge is 0.480 e. The fourth-order valence-corrected chi connectivity index (χ4v) is 4.99. The second-order valence-corrected chi connectivity index (χ2v) is 9.05. The Morgan fingerprint density at radius 2 is 1.78 bits per heavy atom. The molecule has 2 N–H and O–H groups in total. The topological polar surface area (TPSA) is 113 Å². The van der Waals surface area contributed by atoms with Crippen LogP contribution < -0.4 is 5.32 Å². The summed E-state index contributed by atoms with van der Waals surface area (Å²) in [5, 5.41) is 11.4.